The summed E-state index contributed by atoms with van der Waals surface area (Å²) in [6.45, 7) is 2.03. The van der Waals surface area contributed by atoms with Crippen LogP contribution < -0.4 is 0 Å². The molecule has 3 heteroatoms. The summed E-state index contributed by atoms with van der Waals surface area (Å²) in [5.74, 6) is -0.635. The summed E-state index contributed by atoms with van der Waals surface area (Å²) >= 11 is 1.60. The highest BCUT2D eigenvalue weighted by Crippen LogP contribution is 2.42. The Balaban J connectivity index is 2.37. The summed E-state index contributed by atoms with van der Waals surface area (Å²) in [6.07, 6.45) is 4.89. The van der Waals surface area contributed by atoms with Gasteiger partial charge in [0.15, 0.2) is 0 Å². The lowest BCUT2D eigenvalue weighted by Crippen LogP contribution is -2.36. The van der Waals surface area contributed by atoms with Gasteiger partial charge in [-0.1, -0.05) is 19.3 Å². The van der Waals surface area contributed by atoms with Crippen molar-refractivity contribution in [3.8, 4) is 0 Å². The SMILES string of the molecule is Cc1csc(C2(C(=O)O)CCCCC2)c1. The first kappa shape index (κ1) is 10.7. The fraction of sp³-hybridized carbons (Fsp3) is 0.583. The van der Waals surface area contributed by atoms with Gasteiger partial charge in [0.1, 0.15) is 5.41 Å². The molecule has 0 saturated heterocycles. The third-order valence-electron chi connectivity index (χ3n) is 3.32. The molecule has 0 bridgehead atoms. The van der Waals surface area contributed by atoms with E-state index in [-0.39, 0.29) is 0 Å². The van der Waals surface area contributed by atoms with E-state index >= 15 is 0 Å². The van der Waals surface area contributed by atoms with E-state index in [1.807, 2.05) is 13.0 Å². The molecule has 1 aliphatic carbocycles. The minimum absolute atomic E-state index is 0.572. The number of thiophene rings is 1. The maximum Gasteiger partial charge on any atom is 0.314 e. The molecule has 1 fully saturated rings. The van der Waals surface area contributed by atoms with E-state index in [4.69, 9.17) is 0 Å². The maximum atomic E-state index is 11.5. The average Bonchev–Trinajstić information content (AvgIpc) is 2.66. The van der Waals surface area contributed by atoms with Crippen LogP contribution in [0.3, 0.4) is 0 Å². The van der Waals surface area contributed by atoms with E-state index in [1.54, 1.807) is 11.3 Å². The molecule has 1 aromatic rings. The molecule has 0 spiro atoms. The molecular weight excluding hydrogens is 208 g/mol. The largest absolute Gasteiger partial charge is 0.481 e. The van der Waals surface area contributed by atoms with E-state index in [0.717, 1.165) is 30.6 Å². The number of aliphatic carboxylic acids is 1. The Morgan fingerprint density at radius 1 is 1.40 bits per heavy atom. The molecule has 1 N–H and O–H groups in total. The first-order valence-corrected chi connectivity index (χ1v) is 6.32. The Labute approximate surface area is 93.9 Å². The average molecular weight is 224 g/mol. The Morgan fingerprint density at radius 2 is 2.07 bits per heavy atom. The predicted molar refractivity (Wildman–Crippen MR) is 61.5 cm³/mol. The summed E-state index contributed by atoms with van der Waals surface area (Å²) in [6, 6.07) is 2.05. The normalized spacial score (nSPS) is 20.1. The van der Waals surface area contributed by atoms with Crippen LogP contribution >= 0.6 is 11.3 Å². The molecule has 1 heterocycles. The quantitative estimate of drug-likeness (QED) is 0.836. The van der Waals surface area contributed by atoms with E-state index in [0.29, 0.717) is 0 Å². The highest BCUT2D eigenvalue weighted by atomic mass is 32.1. The van der Waals surface area contributed by atoms with Crippen LogP contribution in [0.5, 0.6) is 0 Å². The van der Waals surface area contributed by atoms with Crippen LogP contribution in [-0.2, 0) is 10.2 Å². The Kier molecular flexibility index (Phi) is 2.83. The van der Waals surface area contributed by atoms with Crippen LogP contribution in [0.1, 0.15) is 42.5 Å². The molecular formula is C12H16O2S. The number of carbonyl (C=O) groups is 1. The number of hydrogen-bond acceptors (Lipinski definition) is 2. The fourth-order valence-electron chi connectivity index (χ4n) is 2.40. The second-order valence-electron chi connectivity index (χ2n) is 4.44. The van der Waals surface area contributed by atoms with Crippen molar-refractivity contribution in [3.63, 3.8) is 0 Å². The van der Waals surface area contributed by atoms with Crippen LogP contribution in [0.25, 0.3) is 0 Å². The van der Waals surface area contributed by atoms with Gasteiger partial charge in [-0.2, -0.15) is 0 Å². The molecule has 0 atom stereocenters. The summed E-state index contributed by atoms with van der Waals surface area (Å²) in [7, 11) is 0. The summed E-state index contributed by atoms with van der Waals surface area (Å²) < 4.78 is 0. The lowest BCUT2D eigenvalue weighted by Gasteiger charge is -2.32. The monoisotopic (exact) mass is 224 g/mol. The molecule has 0 aliphatic heterocycles. The van der Waals surface area contributed by atoms with Crippen LogP contribution in [-0.4, -0.2) is 11.1 Å². The van der Waals surface area contributed by atoms with Crippen molar-refractivity contribution in [1.82, 2.24) is 0 Å². The van der Waals surface area contributed by atoms with Gasteiger partial charge in [-0.15, -0.1) is 11.3 Å². The molecule has 15 heavy (non-hydrogen) atoms. The van der Waals surface area contributed by atoms with Crippen molar-refractivity contribution in [3.05, 3.63) is 21.9 Å². The highest BCUT2D eigenvalue weighted by Gasteiger charge is 2.42. The minimum atomic E-state index is -0.635. The molecule has 0 unspecified atom stereocenters. The van der Waals surface area contributed by atoms with Crippen LogP contribution in [0.2, 0.25) is 0 Å². The summed E-state index contributed by atoms with van der Waals surface area (Å²) in [5, 5.41) is 11.5. The smallest absolute Gasteiger partial charge is 0.314 e. The fourth-order valence-corrected chi connectivity index (χ4v) is 3.56. The number of aryl methyl sites for hydroxylation is 1. The Morgan fingerprint density at radius 3 is 2.53 bits per heavy atom. The molecule has 2 nitrogen and oxygen atoms in total. The van der Waals surface area contributed by atoms with Gasteiger partial charge in [-0.05, 0) is 36.8 Å². The van der Waals surface area contributed by atoms with Crippen LogP contribution in [0.4, 0.5) is 0 Å². The predicted octanol–water partition coefficient (Wildman–Crippen LogP) is 3.34. The summed E-state index contributed by atoms with van der Waals surface area (Å²) in [5.41, 5.74) is 0.609. The van der Waals surface area contributed by atoms with E-state index in [9.17, 15) is 9.90 Å². The van der Waals surface area contributed by atoms with Gasteiger partial charge in [0.05, 0.1) is 0 Å². The van der Waals surface area contributed by atoms with Gasteiger partial charge in [0.2, 0.25) is 0 Å². The molecule has 0 aromatic carbocycles. The summed E-state index contributed by atoms with van der Waals surface area (Å²) in [4.78, 5) is 12.5. The standard InChI is InChI=1S/C12H16O2S/c1-9-7-10(15-8-9)12(11(13)14)5-3-2-4-6-12/h7-8H,2-6H2,1H3,(H,13,14). The zero-order valence-corrected chi connectivity index (χ0v) is 9.77. The third kappa shape index (κ3) is 1.81. The topological polar surface area (TPSA) is 37.3 Å². The molecule has 1 saturated carbocycles. The van der Waals surface area contributed by atoms with Gasteiger partial charge in [0, 0.05) is 4.88 Å². The highest BCUT2D eigenvalue weighted by molar-refractivity contribution is 7.10. The van der Waals surface area contributed by atoms with Gasteiger partial charge in [-0.25, -0.2) is 0 Å². The van der Waals surface area contributed by atoms with E-state index in [2.05, 4.69) is 5.38 Å². The molecule has 1 aliphatic rings. The van der Waals surface area contributed by atoms with E-state index < -0.39 is 11.4 Å². The van der Waals surface area contributed by atoms with Gasteiger partial charge in [-0.3, -0.25) is 4.79 Å². The molecule has 2 rings (SSSR count). The van der Waals surface area contributed by atoms with Crippen molar-refractivity contribution < 1.29 is 9.90 Å². The number of carboxylic acids is 1. The Bertz CT molecular complexity index is 361. The van der Waals surface area contributed by atoms with Crippen molar-refractivity contribution in [2.75, 3.05) is 0 Å². The number of carboxylic acid groups (broad SMARTS) is 1. The Hall–Kier alpha value is -0.830. The first-order chi connectivity index (χ1) is 7.15. The number of hydrogen-bond donors (Lipinski definition) is 1. The maximum absolute atomic E-state index is 11.5. The van der Waals surface area contributed by atoms with Gasteiger partial charge >= 0.3 is 5.97 Å². The molecule has 0 amide bonds. The third-order valence-corrected chi connectivity index (χ3v) is 4.57. The van der Waals surface area contributed by atoms with Gasteiger partial charge < -0.3 is 5.11 Å². The van der Waals surface area contributed by atoms with Crippen molar-refractivity contribution in [1.29, 1.82) is 0 Å². The second-order valence-corrected chi connectivity index (χ2v) is 5.35. The lowest BCUT2D eigenvalue weighted by atomic mass is 9.73. The van der Waals surface area contributed by atoms with Crippen molar-refractivity contribution in [2.45, 2.75) is 44.4 Å². The first-order valence-electron chi connectivity index (χ1n) is 5.44. The second kappa shape index (κ2) is 3.97. The zero-order valence-electron chi connectivity index (χ0n) is 8.95. The number of rotatable bonds is 2. The lowest BCUT2D eigenvalue weighted by molar-refractivity contribution is -0.145. The molecule has 82 valence electrons. The van der Waals surface area contributed by atoms with E-state index in [1.165, 1.54) is 12.0 Å². The zero-order chi connectivity index (χ0) is 10.9. The van der Waals surface area contributed by atoms with Crippen molar-refractivity contribution in [2.24, 2.45) is 0 Å². The van der Waals surface area contributed by atoms with Crippen LogP contribution in [0, 0.1) is 6.92 Å². The van der Waals surface area contributed by atoms with Gasteiger partial charge in [0.25, 0.3) is 0 Å². The molecule has 0 radical (unpaired) electrons. The molecule has 1 aromatic heterocycles. The minimum Gasteiger partial charge on any atom is -0.481 e. The van der Waals surface area contributed by atoms with Crippen molar-refractivity contribution >= 4 is 17.3 Å². The van der Waals surface area contributed by atoms with Crippen LogP contribution in [0.15, 0.2) is 11.4 Å².